The molecule has 1 atom stereocenters. The van der Waals surface area contributed by atoms with Crippen LogP contribution >= 0.6 is 0 Å². The predicted molar refractivity (Wildman–Crippen MR) is 65.1 cm³/mol. The molecule has 0 spiro atoms. The van der Waals surface area contributed by atoms with E-state index in [0.29, 0.717) is 11.6 Å². The van der Waals surface area contributed by atoms with E-state index in [1.807, 2.05) is 0 Å². The zero-order valence-electron chi connectivity index (χ0n) is 9.81. The summed E-state index contributed by atoms with van der Waals surface area (Å²) >= 11 is 0. The van der Waals surface area contributed by atoms with Crippen molar-refractivity contribution in [3.05, 3.63) is 29.8 Å². The van der Waals surface area contributed by atoms with Crippen LogP contribution in [0.3, 0.4) is 0 Å². The maximum atomic E-state index is 12.9. The van der Waals surface area contributed by atoms with Crippen molar-refractivity contribution in [2.24, 2.45) is 5.92 Å². The Kier molecular flexibility index (Phi) is 4.31. The molecule has 94 valence electrons. The lowest BCUT2D eigenvalue weighted by atomic mass is 9.96. The maximum Gasteiger partial charge on any atom is 0.160 e. The molecule has 0 bridgehead atoms. The number of hydrogen-bond donors (Lipinski definition) is 2. The van der Waals surface area contributed by atoms with Gasteiger partial charge in [0.2, 0.25) is 0 Å². The highest BCUT2D eigenvalue weighted by Crippen LogP contribution is 2.16. The van der Waals surface area contributed by atoms with Crippen LogP contribution in [-0.2, 0) is 0 Å². The van der Waals surface area contributed by atoms with Crippen LogP contribution in [-0.4, -0.2) is 19.6 Å². The highest BCUT2D eigenvalue weighted by molar-refractivity contribution is 5.43. The third-order valence-corrected chi connectivity index (χ3v) is 3.20. The molecule has 1 unspecified atom stereocenters. The minimum Gasteiger partial charge on any atom is -0.385 e. The topological polar surface area (TPSA) is 24.1 Å². The van der Waals surface area contributed by atoms with Crippen molar-refractivity contribution in [2.45, 2.75) is 19.3 Å². The average molecular weight is 240 g/mol. The quantitative estimate of drug-likeness (QED) is 0.845. The number of halogens is 2. The summed E-state index contributed by atoms with van der Waals surface area (Å²) < 4.78 is 25.6. The second kappa shape index (κ2) is 5.96. The lowest BCUT2D eigenvalue weighted by Crippen LogP contribution is -2.30. The first-order valence-corrected chi connectivity index (χ1v) is 6.15. The SMILES string of the molecule is Fc1ccc(NCCC2CCCNC2)cc1F. The fraction of sp³-hybridized carbons (Fsp3) is 0.538. The summed E-state index contributed by atoms with van der Waals surface area (Å²) in [4.78, 5) is 0. The Labute approximate surface area is 100 Å². The molecule has 0 amide bonds. The Bertz CT molecular complexity index is 362. The van der Waals surface area contributed by atoms with Gasteiger partial charge in [-0.3, -0.25) is 0 Å². The molecule has 1 aliphatic rings. The molecule has 0 aliphatic carbocycles. The molecule has 4 heteroatoms. The van der Waals surface area contributed by atoms with Gasteiger partial charge < -0.3 is 10.6 Å². The van der Waals surface area contributed by atoms with Crippen LogP contribution in [0.25, 0.3) is 0 Å². The molecule has 2 rings (SSSR count). The Balaban J connectivity index is 1.75. The van der Waals surface area contributed by atoms with E-state index in [2.05, 4.69) is 10.6 Å². The fourth-order valence-corrected chi connectivity index (χ4v) is 2.20. The lowest BCUT2D eigenvalue weighted by Gasteiger charge is -2.22. The molecule has 17 heavy (non-hydrogen) atoms. The Morgan fingerprint density at radius 1 is 1.29 bits per heavy atom. The first-order chi connectivity index (χ1) is 8.25. The molecule has 1 aromatic rings. The number of rotatable bonds is 4. The van der Waals surface area contributed by atoms with Crippen LogP contribution in [0.15, 0.2) is 18.2 Å². The first-order valence-electron chi connectivity index (χ1n) is 6.15. The van der Waals surface area contributed by atoms with Gasteiger partial charge in [0, 0.05) is 12.2 Å². The standard InChI is InChI=1S/C13H18F2N2/c14-12-4-3-11(8-13(12)15)17-7-5-10-2-1-6-16-9-10/h3-4,8,10,16-17H,1-2,5-7,9H2. The first kappa shape index (κ1) is 12.3. The van der Waals surface area contributed by atoms with Crippen molar-refractivity contribution < 1.29 is 8.78 Å². The van der Waals surface area contributed by atoms with Gasteiger partial charge in [0.05, 0.1) is 0 Å². The summed E-state index contributed by atoms with van der Waals surface area (Å²) in [6.07, 6.45) is 3.55. The molecular formula is C13H18F2N2. The van der Waals surface area contributed by atoms with E-state index in [0.717, 1.165) is 32.1 Å². The number of benzene rings is 1. The third kappa shape index (κ3) is 3.66. The average Bonchev–Trinajstić information content (AvgIpc) is 2.35. The van der Waals surface area contributed by atoms with Gasteiger partial charge in [-0.1, -0.05) is 0 Å². The number of anilines is 1. The van der Waals surface area contributed by atoms with E-state index in [1.54, 1.807) is 6.07 Å². The fourth-order valence-electron chi connectivity index (χ4n) is 2.20. The smallest absolute Gasteiger partial charge is 0.160 e. The van der Waals surface area contributed by atoms with Gasteiger partial charge in [-0.25, -0.2) is 8.78 Å². The summed E-state index contributed by atoms with van der Waals surface area (Å²) in [6.45, 7) is 2.99. The lowest BCUT2D eigenvalue weighted by molar-refractivity contribution is 0.364. The van der Waals surface area contributed by atoms with Gasteiger partial charge in [-0.05, 0) is 56.5 Å². The number of nitrogens with one attached hydrogen (secondary N) is 2. The highest BCUT2D eigenvalue weighted by Gasteiger charge is 2.12. The summed E-state index contributed by atoms with van der Waals surface area (Å²) in [5.74, 6) is -0.900. The molecule has 1 fully saturated rings. The Morgan fingerprint density at radius 3 is 2.88 bits per heavy atom. The summed E-state index contributed by atoms with van der Waals surface area (Å²) in [5, 5.41) is 6.49. The summed E-state index contributed by atoms with van der Waals surface area (Å²) in [5.41, 5.74) is 0.646. The van der Waals surface area contributed by atoms with E-state index >= 15 is 0 Å². The Morgan fingerprint density at radius 2 is 2.18 bits per heavy atom. The van der Waals surface area contributed by atoms with Gasteiger partial charge in [0.25, 0.3) is 0 Å². The number of hydrogen-bond acceptors (Lipinski definition) is 2. The van der Waals surface area contributed by atoms with Gasteiger partial charge in [-0.2, -0.15) is 0 Å². The summed E-state index contributed by atoms with van der Waals surface area (Å²) in [6, 6.07) is 3.92. The molecule has 2 N–H and O–H groups in total. The monoisotopic (exact) mass is 240 g/mol. The van der Waals surface area contributed by atoms with Crippen molar-refractivity contribution in [1.29, 1.82) is 0 Å². The van der Waals surface area contributed by atoms with Crippen molar-refractivity contribution in [2.75, 3.05) is 25.0 Å². The molecule has 1 heterocycles. The van der Waals surface area contributed by atoms with Crippen molar-refractivity contribution in [3.63, 3.8) is 0 Å². The van der Waals surface area contributed by atoms with Crippen LogP contribution in [0.2, 0.25) is 0 Å². The maximum absolute atomic E-state index is 12.9. The largest absolute Gasteiger partial charge is 0.385 e. The van der Waals surface area contributed by atoms with Gasteiger partial charge in [-0.15, -0.1) is 0 Å². The molecule has 2 nitrogen and oxygen atoms in total. The van der Waals surface area contributed by atoms with Gasteiger partial charge in [0.1, 0.15) is 0 Å². The van der Waals surface area contributed by atoms with E-state index in [9.17, 15) is 8.78 Å². The predicted octanol–water partition coefficient (Wildman–Crippen LogP) is 2.77. The van der Waals surface area contributed by atoms with Crippen molar-refractivity contribution in [3.8, 4) is 0 Å². The molecule has 1 aromatic carbocycles. The van der Waals surface area contributed by atoms with Gasteiger partial charge in [0.15, 0.2) is 11.6 Å². The van der Waals surface area contributed by atoms with Crippen molar-refractivity contribution in [1.82, 2.24) is 5.32 Å². The normalized spacial score (nSPS) is 20.2. The van der Waals surface area contributed by atoms with E-state index in [1.165, 1.54) is 18.9 Å². The van der Waals surface area contributed by atoms with E-state index in [4.69, 9.17) is 0 Å². The molecule has 0 radical (unpaired) electrons. The second-order valence-electron chi connectivity index (χ2n) is 4.56. The Hall–Kier alpha value is -1.16. The summed E-state index contributed by atoms with van der Waals surface area (Å²) in [7, 11) is 0. The van der Waals surface area contributed by atoms with Gasteiger partial charge >= 0.3 is 0 Å². The zero-order valence-corrected chi connectivity index (χ0v) is 9.81. The minimum absolute atomic E-state index is 0.646. The molecule has 0 aromatic heterocycles. The molecular weight excluding hydrogens is 222 g/mol. The van der Waals surface area contributed by atoms with Crippen LogP contribution in [0, 0.1) is 17.6 Å². The number of piperidine rings is 1. The van der Waals surface area contributed by atoms with Crippen molar-refractivity contribution >= 4 is 5.69 Å². The van der Waals surface area contributed by atoms with E-state index in [-0.39, 0.29) is 0 Å². The molecule has 1 aliphatic heterocycles. The minimum atomic E-state index is -0.799. The second-order valence-corrected chi connectivity index (χ2v) is 4.56. The van der Waals surface area contributed by atoms with Crippen LogP contribution < -0.4 is 10.6 Å². The van der Waals surface area contributed by atoms with Crippen LogP contribution in [0.4, 0.5) is 14.5 Å². The van der Waals surface area contributed by atoms with E-state index < -0.39 is 11.6 Å². The highest BCUT2D eigenvalue weighted by atomic mass is 19.2. The van der Waals surface area contributed by atoms with Crippen LogP contribution in [0.1, 0.15) is 19.3 Å². The zero-order chi connectivity index (χ0) is 12.1. The van der Waals surface area contributed by atoms with Crippen LogP contribution in [0.5, 0.6) is 0 Å². The molecule has 1 saturated heterocycles. The molecule has 0 saturated carbocycles. The third-order valence-electron chi connectivity index (χ3n) is 3.20.